The topological polar surface area (TPSA) is 64.6 Å². The fraction of sp³-hybridized carbons (Fsp3) is 0.467. The highest BCUT2D eigenvalue weighted by Crippen LogP contribution is 2.34. The standard InChI is InChI=1S/C15H19NO4/c1-10(17)16-14(15(18)19-2)13-9-8-12(20-13)11-6-4-3-5-7-11/h3-7,12-14H,8-9H2,1-2H3,(H,16,17)/t12-,13?,14?/m1/s1. The second-order valence-corrected chi connectivity index (χ2v) is 4.85. The highest BCUT2D eigenvalue weighted by molar-refractivity contribution is 5.83. The lowest BCUT2D eigenvalue weighted by Gasteiger charge is -2.22. The number of methoxy groups -OCH3 is 1. The lowest BCUT2D eigenvalue weighted by Crippen LogP contribution is -2.48. The Labute approximate surface area is 118 Å². The molecule has 2 rings (SSSR count). The van der Waals surface area contributed by atoms with Crippen LogP contribution >= 0.6 is 0 Å². The van der Waals surface area contributed by atoms with Crippen molar-refractivity contribution in [1.29, 1.82) is 0 Å². The molecular formula is C15H19NO4. The summed E-state index contributed by atoms with van der Waals surface area (Å²) in [6, 6.07) is 9.11. The zero-order valence-electron chi connectivity index (χ0n) is 11.7. The molecule has 0 spiro atoms. The first-order chi connectivity index (χ1) is 9.61. The molecule has 3 atom stereocenters. The van der Waals surface area contributed by atoms with Crippen LogP contribution in [0.5, 0.6) is 0 Å². The number of nitrogens with one attached hydrogen (secondary N) is 1. The van der Waals surface area contributed by atoms with Crippen LogP contribution in [0.15, 0.2) is 30.3 Å². The second kappa shape index (κ2) is 6.52. The summed E-state index contributed by atoms with van der Waals surface area (Å²) < 4.78 is 10.7. The van der Waals surface area contributed by atoms with Crippen LogP contribution in [0.1, 0.15) is 31.4 Å². The first-order valence-corrected chi connectivity index (χ1v) is 6.67. The Hall–Kier alpha value is -1.88. The SMILES string of the molecule is COC(=O)C(NC(C)=O)C1CC[C@H](c2ccccc2)O1. The second-order valence-electron chi connectivity index (χ2n) is 4.85. The molecule has 5 nitrogen and oxygen atoms in total. The quantitative estimate of drug-likeness (QED) is 0.849. The van der Waals surface area contributed by atoms with E-state index < -0.39 is 12.0 Å². The van der Waals surface area contributed by atoms with Crippen molar-refractivity contribution in [3.63, 3.8) is 0 Å². The van der Waals surface area contributed by atoms with Crippen LogP contribution in [0.4, 0.5) is 0 Å². The minimum atomic E-state index is -0.744. The minimum absolute atomic E-state index is 0.0397. The van der Waals surface area contributed by atoms with Crippen LogP contribution in [0.2, 0.25) is 0 Å². The Kier molecular flexibility index (Phi) is 4.74. The minimum Gasteiger partial charge on any atom is -0.467 e. The molecule has 0 saturated carbocycles. The van der Waals surface area contributed by atoms with E-state index in [2.05, 4.69) is 5.32 Å². The summed E-state index contributed by atoms with van der Waals surface area (Å²) in [6.45, 7) is 1.37. The van der Waals surface area contributed by atoms with E-state index in [0.29, 0.717) is 6.42 Å². The number of hydrogen-bond acceptors (Lipinski definition) is 4. The molecule has 108 valence electrons. The Balaban J connectivity index is 2.05. The highest BCUT2D eigenvalue weighted by atomic mass is 16.5. The third kappa shape index (κ3) is 3.36. The third-order valence-electron chi connectivity index (χ3n) is 3.41. The van der Waals surface area contributed by atoms with E-state index in [0.717, 1.165) is 12.0 Å². The number of carbonyl (C=O) groups excluding carboxylic acids is 2. The van der Waals surface area contributed by atoms with Crippen LogP contribution in [0, 0.1) is 0 Å². The lowest BCUT2D eigenvalue weighted by molar-refractivity contribution is -0.149. The summed E-state index contributed by atoms with van der Waals surface area (Å²) in [5, 5.41) is 2.61. The Bertz CT molecular complexity index is 474. The van der Waals surface area contributed by atoms with E-state index in [9.17, 15) is 9.59 Å². The van der Waals surface area contributed by atoms with Gasteiger partial charge in [-0.1, -0.05) is 30.3 Å². The van der Waals surface area contributed by atoms with E-state index in [1.54, 1.807) is 0 Å². The van der Waals surface area contributed by atoms with Crippen molar-refractivity contribution in [1.82, 2.24) is 5.32 Å². The van der Waals surface area contributed by atoms with Gasteiger partial charge in [0.25, 0.3) is 0 Å². The van der Waals surface area contributed by atoms with Gasteiger partial charge in [-0.3, -0.25) is 4.79 Å². The monoisotopic (exact) mass is 277 g/mol. The predicted molar refractivity (Wildman–Crippen MR) is 72.9 cm³/mol. The number of amides is 1. The first-order valence-electron chi connectivity index (χ1n) is 6.67. The smallest absolute Gasteiger partial charge is 0.331 e. The average molecular weight is 277 g/mol. The van der Waals surface area contributed by atoms with Crippen LogP contribution in [0.3, 0.4) is 0 Å². The molecule has 0 bridgehead atoms. The Morgan fingerprint density at radius 1 is 1.30 bits per heavy atom. The fourth-order valence-electron chi connectivity index (χ4n) is 2.47. The summed E-state index contributed by atoms with van der Waals surface area (Å²) in [5.74, 6) is -0.744. The molecule has 1 fully saturated rings. The summed E-state index contributed by atoms with van der Waals surface area (Å²) >= 11 is 0. The average Bonchev–Trinajstić information content (AvgIpc) is 2.94. The summed E-state index contributed by atoms with van der Waals surface area (Å²) in [6.07, 6.45) is 1.14. The van der Waals surface area contributed by atoms with Crippen LogP contribution < -0.4 is 5.32 Å². The largest absolute Gasteiger partial charge is 0.467 e. The van der Waals surface area contributed by atoms with Gasteiger partial charge in [0, 0.05) is 6.92 Å². The van der Waals surface area contributed by atoms with Gasteiger partial charge in [0.05, 0.1) is 19.3 Å². The molecular weight excluding hydrogens is 258 g/mol. The molecule has 1 aromatic rings. The summed E-state index contributed by atoms with van der Waals surface area (Å²) in [7, 11) is 1.31. The van der Waals surface area contributed by atoms with Crippen LogP contribution in [0.25, 0.3) is 0 Å². The zero-order chi connectivity index (χ0) is 14.5. The van der Waals surface area contributed by atoms with E-state index in [1.807, 2.05) is 30.3 Å². The van der Waals surface area contributed by atoms with Gasteiger partial charge < -0.3 is 14.8 Å². The van der Waals surface area contributed by atoms with Gasteiger partial charge in [-0.25, -0.2) is 4.79 Å². The number of ether oxygens (including phenoxy) is 2. The van der Waals surface area contributed by atoms with Gasteiger partial charge in [0.2, 0.25) is 5.91 Å². The molecule has 1 N–H and O–H groups in total. The molecule has 20 heavy (non-hydrogen) atoms. The Morgan fingerprint density at radius 3 is 2.60 bits per heavy atom. The third-order valence-corrected chi connectivity index (χ3v) is 3.41. The van der Waals surface area contributed by atoms with E-state index >= 15 is 0 Å². The maximum Gasteiger partial charge on any atom is 0.331 e. The molecule has 1 aromatic carbocycles. The van der Waals surface area contributed by atoms with Gasteiger partial charge in [0.1, 0.15) is 0 Å². The van der Waals surface area contributed by atoms with Crippen LogP contribution in [-0.4, -0.2) is 31.1 Å². The van der Waals surface area contributed by atoms with Gasteiger partial charge in [-0.15, -0.1) is 0 Å². The molecule has 0 radical (unpaired) electrons. The van der Waals surface area contributed by atoms with Gasteiger partial charge in [-0.05, 0) is 18.4 Å². The Morgan fingerprint density at radius 2 is 2.00 bits per heavy atom. The molecule has 1 aliphatic rings. The molecule has 1 aliphatic heterocycles. The maximum atomic E-state index is 11.8. The van der Waals surface area contributed by atoms with E-state index in [1.165, 1.54) is 14.0 Å². The highest BCUT2D eigenvalue weighted by Gasteiger charge is 2.37. The molecule has 1 heterocycles. The number of esters is 1. The van der Waals surface area contributed by atoms with Crippen molar-refractivity contribution in [2.24, 2.45) is 0 Å². The molecule has 1 amide bonds. The van der Waals surface area contributed by atoms with Crippen molar-refractivity contribution >= 4 is 11.9 Å². The normalized spacial score (nSPS) is 23.1. The molecule has 5 heteroatoms. The van der Waals surface area contributed by atoms with Crippen molar-refractivity contribution < 1.29 is 19.1 Å². The van der Waals surface area contributed by atoms with Crippen molar-refractivity contribution in [2.45, 2.75) is 38.0 Å². The zero-order valence-corrected chi connectivity index (χ0v) is 11.7. The van der Waals surface area contributed by atoms with Gasteiger partial charge >= 0.3 is 5.97 Å². The first kappa shape index (κ1) is 14.5. The summed E-state index contributed by atoms with van der Waals surface area (Å²) in [5.41, 5.74) is 1.08. The van der Waals surface area contributed by atoms with E-state index in [4.69, 9.17) is 9.47 Å². The molecule has 0 aliphatic carbocycles. The predicted octanol–water partition coefficient (Wildman–Crippen LogP) is 1.58. The summed E-state index contributed by atoms with van der Waals surface area (Å²) in [4.78, 5) is 23.0. The molecule has 0 aromatic heterocycles. The number of carbonyl (C=O) groups is 2. The van der Waals surface area contributed by atoms with Gasteiger partial charge in [0.15, 0.2) is 6.04 Å². The van der Waals surface area contributed by atoms with Crippen molar-refractivity contribution in [3.8, 4) is 0 Å². The maximum absolute atomic E-state index is 11.8. The van der Waals surface area contributed by atoms with Crippen molar-refractivity contribution in [3.05, 3.63) is 35.9 Å². The number of benzene rings is 1. The van der Waals surface area contributed by atoms with E-state index in [-0.39, 0.29) is 18.1 Å². The number of rotatable bonds is 4. The van der Waals surface area contributed by atoms with Crippen molar-refractivity contribution in [2.75, 3.05) is 7.11 Å². The molecule has 1 saturated heterocycles. The van der Waals surface area contributed by atoms with Gasteiger partial charge in [-0.2, -0.15) is 0 Å². The fourth-order valence-corrected chi connectivity index (χ4v) is 2.47. The van der Waals surface area contributed by atoms with Crippen LogP contribution in [-0.2, 0) is 19.1 Å². The number of hydrogen-bond donors (Lipinski definition) is 1. The molecule has 2 unspecified atom stereocenters. The lowest BCUT2D eigenvalue weighted by atomic mass is 10.0.